The van der Waals surface area contributed by atoms with E-state index in [1.54, 1.807) is 0 Å². The topological polar surface area (TPSA) is 71.4 Å². The van der Waals surface area contributed by atoms with Gasteiger partial charge in [-0.2, -0.15) is 0 Å². The molecule has 0 aliphatic heterocycles. The van der Waals surface area contributed by atoms with Crippen molar-refractivity contribution in [3.05, 3.63) is 71.3 Å². The fourth-order valence-electron chi connectivity index (χ4n) is 2.90. The van der Waals surface area contributed by atoms with Crippen LogP contribution in [-0.2, 0) is 16.3 Å². The van der Waals surface area contributed by atoms with E-state index in [1.807, 2.05) is 54.6 Å². The number of rotatable bonds is 8. The maximum absolute atomic E-state index is 12.4. The van der Waals surface area contributed by atoms with Gasteiger partial charge in [0.25, 0.3) is 0 Å². The molecule has 0 unspecified atom stereocenters. The molecule has 0 aromatic heterocycles. The molecule has 2 rings (SSSR count). The molecular weight excluding hydrogens is 355 g/mol. The van der Waals surface area contributed by atoms with Gasteiger partial charge in [0, 0.05) is 0 Å². The minimum atomic E-state index is -3.88. The van der Waals surface area contributed by atoms with Crippen LogP contribution in [0.3, 0.4) is 0 Å². The Morgan fingerprint density at radius 1 is 0.960 bits per heavy atom. The van der Waals surface area contributed by atoms with Crippen LogP contribution in [-0.4, -0.2) is 44.0 Å². The van der Waals surface area contributed by atoms with Gasteiger partial charge >= 0.3 is 150 Å². The van der Waals surface area contributed by atoms with Gasteiger partial charge in [0.2, 0.25) is 0 Å². The Kier molecular flexibility index (Phi) is 6.50. The third kappa shape index (κ3) is 6.69. The zero-order valence-corrected chi connectivity index (χ0v) is 16.4. The summed E-state index contributed by atoms with van der Waals surface area (Å²) < 4.78 is 30.5. The summed E-state index contributed by atoms with van der Waals surface area (Å²) >= 11 is 0. The van der Waals surface area contributed by atoms with Gasteiger partial charge in [-0.25, -0.2) is 0 Å². The van der Waals surface area contributed by atoms with Gasteiger partial charge < -0.3 is 0 Å². The third-order valence-electron chi connectivity index (χ3n) is 4.19. The van der Waals surface area contributed by atoms with Crippen LogP contribution in [0.15, 0.2) is 54.6 Å². The average molecular weight is 380 g/mol. The number of hydrogen-bond donors (Lipinski definition) is 1. The Morgan fingerprint density at radius 3 is 2.08 bits per heavy atom. The summed E-state index contributed by atoms with van der Waals surface area (Å²) in [7, 11) is -5.49. The third-order valence-corrected chi connectivity index (χ3v) is 8.07. The van der Waals surface area contributed by atoms with E-state index in [0.29, 0.717) is 17.5 Å². The van der Waals surface area contributed by atoms with E-state index >= 15 is 0 Å². The Morgan fingerprint density at radius 2 is 1.52 bits per heavy atom. The quantitative estimate of drug-likeness (QED) is 0.431. The number of hydrogen-bond acceptors (Lipinski definition) is 3. The molecule has 25 heavy (non-hydrogen) atoms. The summed E-state index contributed by atoms with van der Waals surface area (Å²) in [6.45, 7) is 4.42. The van der Waals surface area contributed by atoms with Crippen molar-refractivity contribution in [2.45, 2.75) is 12.6 Å². The Labute approximate surface area is 150 Å². The van der Waals surface area contributed by atoms with E-state index in [0.717, 1.165) is 17.9 Å². The molecule has 0 aliphatic carbocycles. The molecule has 0 bridgehead atoms. The first-order valence-corrected chi connectivity index (χ1v) is 13.3. The molecule has 0 atom stereocenters. The molecule has 2 aromatic rings. The molecule has 0 radical (unpaired) electrons. The van der Waals surface area contributed by atoms with Gasteiger partial charge in [-0.05, 0) is 0 Å². The molecule has 6 heteroatoms. The summed E-state index contributed by atoms with van der Waals surface area (Å²) in [5, 5.41) is 0. The van der Waals surface area contributed by atoms with Crippen molar-refractivity contribution < 1.29 is 17.8 Å². The van der Waals surface area contributed by atoms with Gasteiger partial charge in [0.1, 0.15) is 0 Å². The standard InChI is InChI=1S/C19H25O4PS/c1-24(2,13-6-14-25(21,22)23)15-16-9-11-18(12-10-16)19(20)17-7-4-3-5-8-17/h3-5,7-12,24H,6,13-15H2,1-2H3,(H,21,22,23). The summed E-state index contributed by atoms with van der Waals surface area (Å²) in [6, 6.07) is 16.9. The second kappa shape index (κ2) is 8.22. The van der Waals surface area contributed by atoms with E-state index in [9.17, 15) is 13.2 Å². The maximum atomic E-state index is 12.4. The molecule has 0 saturated heterocycles. The molecule has 2 aromatic carbocycles. The fourth-order valence-corrected chi connectivity index (χ4v) is 6.32. The molecule has 0 saturated carbocycles. The van der Waals surface area contributed by atoms with Crippen LogP contribution in [0.2, 0.25) is 0 Å². The molecule has 4 nitrogen and oxygen atoms in total. The van der Waals surface area contributed by atoms with Crippen molar-refractivity contribution in [1.82, 2.24) is 0 Å². The van der Waals surface area contributed by atoms with Gasteiger partial charge in [-0.3, -0.25) is 0 Å². The number of benzene rings is 2. The van der Waals surface area contributed by atoms with Crippen molar-refractivity contribution in [2.75, 3.05) is 25.2 Å². The fraction of sp³-hybridized carbons (Fsp3) is 0.316. The first-order chi connectivity index (χ1) is 11.7. The van der Waals surface area contributed by atoms with Crippen molar-refractivity contribution in [3.8, 4) is 0 Å². The van der Waals surface area contributed by atoms with Crippen molar-refractivity contribution in [1.29, 1.82) is 0 Å². The summed E-state index contributed by atoms with van der Waals surface area (Å²) in [5.41, 5.74) is 2.50. The predicted molar refractivity (Wildman–Crippen MR) is 106 cm³/mol. The molecule has 0 amide bonds. The number of ketones is 1. The number of carbonyl (C=O) groups excluding carboxylic acids is 1. The second-order valence-corrected chi connectivity index (χ2v) is 13.9. The van der Waals surface area contributed by atoms with E-state index in [4.69, 9.17) is 4.55 Å². The first kappa shape index (κ1) is 19.8. The van der Waals surface area contributed by atoms with Gasteiger partial charge in [-0.15, -0.1) is 0 Å². The van der Waals surface area contributed by atoms with Crippen LogP contribution in [0.25, 0.3) is 0 Å². The summed E-state index contributed by atoms with van der Waals surface area (Å²) in [5.74, 6) is -0.162. The monoisotopic (exact) mass is 380 g/mol. The van der Waals surface area contributed by atoms with Crippen LogP contribution < -0.4 is 0 Å². The Bertz CT molecular complexity index is 812. The van der Waals surface area contributed by atoms with Crippen molar-refractivity contribution in [2.24, 2.45) is 0 Å². The zero-order chi connectivity index (χ0) is 18.5. The number of carbonyl (C=O) groups is 1. The van der Waals surface area contributed by atoms with Gasteiger partial charge in [0.15, 0.2) is 0 Å². The molecule has 136 valence electrons. The van der Waals surface area contributed by atoms with Crippen molar-refractivity contribution >= 4 is 23.2 Å². The average Bonchev–Trinajstić information content (AvgIpc) is 2.54. The van der Waals surface area contributed by atoms with E-state index in [2.05, 4.69) is 13.3 Å². The van der Waals surface area contributed by atoms with Gasteiger partial charge in [0.05, 0.1) is 0 Å². The van der Waals surface area contributed by atoms with Gasteiger partial charge in [-0.1, -0.05) is 0 Å². The summed E-state index contributed by atoms with van der Waals surface area (Å²) in [6.07, 6.45) is 2.23. The van der Waals surface area contributed by atoms with Crippen LogP contribution in [0.5, 0.6) is 0 Å². The van der Waals surface area contributed by atoms with Crippen molar-refractivity contribution in [3.63, 3.8) is 0 Å². The molecule has 1 N–H and O–H groups in total. The second-order valence-electron chi connectivity index (χ2n) is 7.12. The van der Waals surface area contributed by atoms with E-state index in [1.165, 1.54) is 0 Å². The molecule has 0 fully saturated rings. The predicted octanol–water partition coefficient (Wildman–Crippen LogP) is 3.71. The molecular formula is C19H25O4PS. The zero-order valence-electron chi connectivity index (χ0n) is 14.6. The van der Waals surface area contributed by atoms with Crippen LogP contribution in [0.4, 0.5) is 0 Å². The van der Waals surface area contributed by atoms with E-state index in [-0.39, 0.29) is 11.5 Å². The minimum absolute atomic E-state index is 0.0109. The first-order valence-electron chi connectivity index (χ1n) is 8.30. The van der Waals surface area contributed by atoms with Crippen LogP contribution >= 0.6 is 7.26 Å². The normalized spacial score (nSPS) is 12.8. The van der Waals surface area contributed by atoms with Crippen LogP contribution in [0.1, 0.15) is 27.9 Å². The Hall–Kier alpha value is -1.55. The van der Waals surface area contributed by atoms with Crippen LogP contribution in [0, 0.1) is 0 Å². The molecule has 0 heterocycles. The SMILES string of the molecule is C[PH](C)(CCCS(=O)(=O)O)Cc1ccc(C(=O)c2ccccc2)cc1. The summed E-state index contributed by atoms with van der Waals surface area (Å²) in [4.78, 5) is 12.4. The molecule has 0 aliphatic rings. The van der Waals surface area contributed by atoms with E-state index < -0.39 is 17.4 Å². The molecule has 0 spiro atoms. The Balaban J connectivity index is 1.98.